The zero-order chi connectivity index (χ0) is 17.9. The molecule has 0 atom stereocenters. The molecule has 2 aromatic carbocycles. The van der Waals surface area contributed by atoms with Crippen LogP contribution in [0.15, 0.2) is 75.1 Å². The summed E-state index contributed by atoms with van der Waals surface area (Å²) in [5.41, 5.74) is 1.35. The maximum Gasteiger partial charge on any atom is 0.160 e. The highest BCUT2D eigenvalue weighted by molar-refractivity contribution is 9.10. The Balaban J connectivity index is 2.01. The summed E-state index contributed by atoms with van der Waals surface area (Å²) in [6, 6.07) is 19.2. The van der Waals surface area contributed by atoms with Gasteiger partial charge in [0, 0.05) is 21.2 Å². The van der Waals surface area contributed by atoms with Gasteiger partial charge in [-0.15, -0.1) is 0 Å². The van der Waals surface area contributed by atoms with E-state index >= 15 is 0 Å². The van der Waals surface area contributed by atoms with Gasteiger partial charge < -0.3 is 0 Å². The summed E-state index contributed by atoms with van der Waals surface area (Å²) in [5.74, 6) is 0.421. The molecule has 0 N–H and O–H groups in total. The van der Waals surface area contributed by atoms with E-state index < -0.39 is 9.84 Å². The average Bonchev–Trinajstić information content (AvgIpc) is 2.56. The molecule has 0 fully saturated rings. The van der Waals surface area contributed by atoms with Gasteiger partial charge in [-0.1, -0.05) is 58.0 Å². The van der Waals surface area contributed by atoms with Crippen LogP contribution in [0.2, 0.25) is 0 Å². The molecule has 0 bridgehead atoms. The largest absolute Gasteiger partial charge is 0.232 e. The van der Waals surface area contributed by atoms with Crippen molar-refractivity contribution in [1.82, 2.24) is 9.97 Å². The fourth-order valence-electron chi connectivity index (χ4n) is 2.21. The minimum absolute atomic E-state index is 0.108. The lowest BCUT2D eigenvalue weighted by molar-refractivity contribution is 0.600. The smallest absolute Gasteiger partial charge is 0.160 e. The van der Waals surface area contributed by atoms with Crippen LogP contribution in [0.5, 0.6) is 0 Å². The third-order valence-electron chi connectivity index (χ3n) is 3.23. The fourth-order valence-corrected chi connectivity index (χ4v) is 4.00. The van der Waals surface area contributed by atoms with E-state index in [1.165, 1.54) is 18.0 Å². The predicted octanol–water partition coefficient (Wildman–Crippen LogP) is 4.60. The second-order valence-corrected chi connectivity index (χ2v) is 9.66. The van der Waals surface area contributed by atoms with E-state index in [-0.39, 0.29) is 5.75 Å². The Morgan fingerprint density at radius 2 is 1.68 bits per heavy atom. The van der Waals surface area contributed by atoms with Crippen molar-refractivity contribution in [3.8, 4) is 11.4 Å². The topological polar surface area (TPSA) is 59.9 Å². The highest BCUT2D eigenvalue weighted by Crippen LogP contribution is 2.29. The predicted molar refractivity (Wildman–Crippen MR) is 104 cm³/mol. The Morgan fingerprint density at radius 1 is 1.00 bits per heavy atom. The van der Waals surface area contributed by atoms with Gasteiger partial charge in [0.1, 0.15) is 5.03 Å². The van der Waals surface area contributed by atoms with Gasteiger partial charge in [0.05, 0.1) is 11.4 Å². The van der Waals surface area contributed by atoms with Crippen LogP contribution in [-0.2, 0) is 15.6 Å². The minimum Gasteiger partial charge on any atom is -0.232 e. The third kappa shape index (κ3) is 5.39. The zero-order valence-electron chi connectivity index (χ0n) is 13.4. The van der Waals surface area contributed by atoms with Crippen molar-refractivity contribution in [3.05, 3.63) is 70.8 Å². The number of nitrogens with zero attached hydrogens (tertiary/aromatic N) is 2. The molecule has 1 aromatic heterocycles. The van der Waals surface area contributed by atoms with Gasteiger partial charge in [-0.25, -0.2) is 18.4 Å². The van der Waals surface area contributed by atoms with Gasteiger partial charge in [0.15, 0.2) is 15.7 Å². The Bertz CT molecular complexity index is 976. The second kappa shape index (κ2) is 7.68. The second-order valence-electron chi connectivity index (χ2n) is 5.51. The standard InChI is InChI=1S/C18H15BrN2O2S2/c1-25(22,23)12-15-11-17(24-16-9-7-14(19)8-10-16)21-18(20-15)13-5-3-2-4-6-13/h2-11H,12H2,1H3. The van der Waals surface area contributed by atoms with Crippen LogP contribution in [0, 0.1) is 0 Å². The minimum atomic E-state index is -3.18. The first-order valence-electron chi connectivity index (χ1n) is 7.43. The first kappa shape index (κ1) is 18.1. The zero-order valence-corrected chi connectivity index (χ0v) is 16.6. The summed E-state index contributed by atoms with van der Waals surface area (Å²) >= 11 is 4.89. The van der Waals surface area contributed by atoms with Crippen LogP contribution in [0.1, 0.15) is 5.69 Å². The molecule has 1 heterocycles. The normalized spacial score (nSPS) is 11.4. The van der Waals surface area contributed by atoms with E-state index in [0.29, 0.717) is 11.5 Å². The molecule has 0 saturated carbocycles. The van der Waals surface area contributed by atoms with Gasteiger partial charge in [-0.05, 0) is 30.3 Å². The molecule has 0 spiro atoms. The molecular weight excluding hydrogens is 420 g/mol. The molecule has 4 nitrogen and oxygen atoms in total. The number of aromatic nitrogens is 2. The SMILES string of the molecule is CS(=O)(=O)Cc1cc(Sc2ccc(Br)cc2)nc(-c2ccccc2)n1. The van der Waals surface area contributed by atoms with Gasteiger partial charge in [-0.3, -0.25) is 0 Å². The number of halogens is 1. The van der Waals surface area contributed by atoms with Gasteiger partial charge in [-0.2, -0.15) is 0 Å². The van der Waals surface area contributed by atoms with Crippen LogP contribution in [0.3, 0.4) is 0 Å². The van der Waals surface area contributed by atoms with E-state index in [2.05, 4.69) is 25.9 Å². The van der Waals surface area contributed by atoms with Crippen LogP contribution < -0.4 is 0 Å². The summed E-state index contributed by atoms with van der Waals surface area (Å²) in [5, 5.41) is 0.717. The van der Waals surface area contributed by atoms with Gasteiger partial charge in [0.2, 0.25) is 0 Å². The molecule has 0 aliphatic heterocycles. The average molecular weight is 435 g/mol. The van der Waals surface area contributed by atoms with Crippen LogP contribution in [0.25, 0.3) is 11.4 Å². The summed E-state index contributed by atoms with van der Waals surface area (Å²) in [7, 11) is -3.18. The summed E-state index contributed by atoms with van der Waals surface area (Å²) < 4.78 is 24.4. The van der Waals surface area contributed by atoms with Crippen LogP contribution >= 0.6 is 27.7 Å². The van der Waals surface area contributed by atoms with Crippen LogP contribution in [-0.4, -0.2) is 24.6 Å². The van der Waals surface area contributed by atoms with Crippen molar-refractivity contribution in [2.24, 2.45) is 0 Å². The molecule has 25 heavy (non-hydrogen) atoms. The first-order chi connectivity index (χ1) is 11.9. The summed E-state index contributed by atoms with van der Waals surface area (Å²) in [6.07, 6.45) is 1.21. The Kier molecular flexibility index (Phi) is 5.56. The maximum atomic E-state index is 11.7. The fraction of sp³-hybridized carbons (Fsp3) is 0.111. The molecule has 0 saturated heterocycles. The Morgan fingerprint density at radius 3 is 2.32 bits per heavy atom. The number of benzene rings is 2. The van der Waals surface area contributed by atoms with Crippen molar-refractivity contribution in [2.45, 2.75) is 15.7 Å². The quantitative estimate of drug-likeness (QED) is 0.548. The van der Waals surface area contributed by atoms with Crippen molar-refractivity contribution in [3.63, 3.8) is 0 Å². The Labute approximate surface area is 159 Å². The number of rotatable bonds is 5. The summed E-state index contributed by atoms with van der Waals surface area (Å²) in [4.78, 5) is 10.0. The Hall–Kier alpha value is -1.70. The van der Waals surface area contributed by atoms with Crippen LogP contribution in [0.4, 0.5) is 0 Å². The van der Waals surface area contributed by atoms with Crippen molar-refractivity contribution >= 4 is 37.5 Å². The molecular formula is C18H15BrN2O2S2. The molecule has 0 radical (unpaired) electrons. The van der Waals surface area contributed by atoms with Gasteiger partial charge in [0.25, 0.3) is 0 Å². The first-order valence-corrected chi connectivity index (χ1v) is 11.1. The number of hydrogen-bond acceptors (Lipinski definition) is 5. The lowest BCUT2D eigenvalue weighted by Gasteiger charge is -2.08. The van der Waals surface area contributed by atoms with Crippen molar-refractivity contribution < 1.29 is 8.42 Å². The molecule has 0 unspecified atom stereocenters. The molecule has 0 amide bonds. The lowest BCUT2D eigenvalue weighted by atomic mass is 10.2. The monoisotopic (exact) mass is 434 g/mol. The van der Waals surface area contributed by atoms with Crippen molar-refractivity contribution in [2.75, 3.05) is 6.26 Å². The maximum absolute atomic E-state index is 11.7. The third-order valence-corrected chi connectivity index (χ3v) is 5.51. The molecule has 7 heteroatoms. The number of hydrogen-bond donors (Lipinski definition) is 0. The molecule has 0 aliphatic carbocycles. The molecule has 128 valence electrons. The van der Waals surface area contributed by atoms with E-state index in [0.717, 1.165) is 20.0 Å². The molecule has 3 aromatic rings. The highest BCUT2D eigenvalue weighted by atomic mass is 79.9. The van der Waals surface area contributed by atoms with E-state index in [4.69, 9.17) is 0 Å². The molecule has 3 rings (SSSR count). The van der Waals surface area contributed by atoms with E-state index in [9.17, 15) is 8.42 Å². The number of sulfone groups is 1. The molecule has 0 aliphatic rings. The summed E-state index contributed by atoms with van der Waals surface area (Å²) in [6.45, 7) is 0. The van der Waals surface area contributed by atoms with E-state index in [1.54, 1.807) is 6.07 Å². The van der Waals surface area contributed by atoms with E-state index in [1.807, 2.05) is 54.6 Å². The van der Waals surface area contributed by atoms with Crippen molar-refractivity contribution in [1.29, 1.82) is 0 Å². The van der Waals surface area contributed by atoms with Gasteiger partial charge >= 0.3 is 0 Å². The lowest BCUT2D eigenvalue weighted by Crippen LogP contribution is -2.05. The highest BCUT2D eigenvalue weighted by Gasteiger charge is 2.12.